The minimum Gasteiger partial charge on any atom is -0.482 e. The summed E-state index contributed by atoms with van der Waals surface area (Å²) < 4.78 is 42.1. The predicted molar refractivity (Wildman–Crippen MR) is 127 cm³/mol. The molecule has 0 radical (unpaired) electrons. The molecule has 0 saturated carbocycles. The highest BCUT2D eigenvalue weighted by Crippen LogP contribution is 2.33. The van der Waals surface area contributed by atoms with Crippen molar-refractivity contribution in [2.75, 3.05) is 6.61 Å². The standard InChI is InChI=1S/C23H24N4O7S/c1-14-24-21(11-25(14)2)35(31,32)13-15-8-18-19(27(4)23(30)26(18)3)10-20(15)34-17-7-5-6-16(9-17)33-12-22(28)29/h5-11H,12-13H2,1-4H3,(H,28,29). The van der Waals surface area contributed by atoms with Gasteiger partial charge in [0.15, 0.2) is 11.6 Å². The summed E-state index contributed by atoms with van der Waals surface area (Å²) in [6.07, 6.45) is 1.45. The van der Waals surface area contributed by atoms with Crippen molar-refractivity contribution in [3.63, 3.8) is 0 Å². The molecule has 1 N–H and O–H groups in total. The third-order valence-corrected chi connectivity index (χ3v) is 7.13. The molecule has 0 bridgehead atoms. The molecule has 4 aromatic rings. The molecule has 0 unspecified atom stereocenters. The fourth-order valence-corrected chi connectivity index (χ4v) is 5.00. The number of hydrogen-bond acceptors (Lipinski definition) is 7. The zero-order chi connectivity index (χ0) is 25.5. The number of carboxylic acids is 1. The van der Waals surface area contributed by atoms with E-state index in [1.165, 1.54) is 21.4 Å². The Labute approximate surface area is 200 Å². The monoisotopic (exact) mass is 500 g/mol. The van der Waals surface area contributed by atoms with E-state index in [-0.39, 0.29) is 22.2 Å². The molecular weight excluding hydrogens is 476 g/mol. The van der Waals surface area contributed by atoms with Crippen LogP contribution in [0.15, 0.2) is 52.4 Å². The van der Waals surface area contributed by atoms with Crippen LogP contribution in [0.1, 0.15) is 11.4 Å². The van der Waals surface area contributed by atoms with Crippen LogP contribution in [-0.4, -0.2) is 44.8 Å². The van der Waals surface area contributed by atoms with Crippen molar-refractivity contribution in [1.29, 1.82) is 0 Å². The van der Waals surface area contributed by atoms with E-state index in [0.29, 0.717) is 28.2 Å². The first-order valence-corrected chi connectivity index (χ1v) is 12.1. The zero-order valence-electron chi connectivity index (χ0n) is 19.5. The summed E-state index contributed by atoms with van der Waals surface area (Å²) in [4.78, 5) is 27.4. The number of ether oxygens (including phenoxy) is 2. The van der Waals surface area contributed by atoms with Gasteiger partial charge in [-0.25, -0.2) is 23.0 Å². The highest BCUT2D eigenvalue weighted by Gasteiger charge is 2.24. The zero-order valence-corrected chi connectivity index (χ0v) is 20.4. The molecule has 0 amide bonds. The van der Waals surface area contributed by atoms with Crippen LogP contribution in [0.4, 0.5) is 0 Å². The van der Waals surface area contributed by atoms with E-state index in [4.69, 9.17) is 14.6 Å². The summed E-state index contributed by atoms with van der Waals surface area (Å²) in [5.74, 6) is -0.169. The molecule has 184 valence electrons. The molecule has 4 rings (SSSR count). The van der Waals surface area contributed by atoms with Crippen molar-refractivity contribution < 1.29 is 27.8 Å². The molecule has 0 spiro atoms. The Morgan fingerprint density at radius 1 is 1.06 bits per heavy atom. The quantitative estimate of drug-likeness (QED) is 0.389. The lowest BCUT2D eigenvalue weighted by molar-refractivity contribution is -0.139. The Hall–Kier alpha value is -4.06. The van der Waals surface area contributed by atoms with Crippen LogP contribution in [0, 0.1) is 6.92 Å². The molecule has 2 heterocycles. The minimum absolute atomic E-state index is 0.0606. The smallest absolute Gasteiger partial charge is 0.341 e. The molecule has 35 heavy (non-hydrogen) atoms. The van der Waals surface area contributed by atoms with Gasteiger partial charge in [-0.1, -0.05) is 6.07 Å². The normalized spacial score (nSPS) is 11.7. The summed E-state index contributed by atoms with van der Waals surface area (Å²) in [5, 5.41) is 8.78. The molecule has 12 heteroatoms. The molecule has 2 aromatic heterocycles. The van der Waals surface area contributed by atoms with Gasteiger partial charge in [0.05, 0.1) is 16.8 Å². The van der Waals surface area contributed by atoms with E-state index in [1.807, 2.05) is 0 Å². The van der Waals surface area contributed by atoms with Crippen molar-refractivity contribution in [2.24, 2.45) is 21.1 Å². The molecule has 0 aliphatic heterocycles. The van der Waals surface area contributed by atoms with Crippen molar-refractivity contribution in [3.8, 4) is 17.2 Å². The van der Waals surface area contributed by atoms with Crippen LogP contribution in [0.5, 0.6) is 17.2 Å². The molecule has 11 nitrogen and oxygen atoms in total. The van der Waals surface area contributed by atoms with Gasteiger partial charge in [0, 0.05) is 45.0 Å². The van der Waals surface area contributed by atoms with Gasteiger partial charge >= 0.3 is 11.7 Å². The Bertz CT molecular complexity index is 1590. The van der Waals surface area contributed by atoms with Crippen molar-refractivity contribution in [2.45, 2.75) is 17.7 Å². The SMILES string of the molecule is Cc1nc(S(=O)(=O)Cc2cc3c(cc2Oc2cccc(OCC(=O)O)c2)n(C)c(=O)n3C)cn1C. The van der Waals surface area contributed by atoms with E-state index < -0.39 is 28.2 Å². The fourth-order valence-electron chi connectivity index (χ4n) is 3.63. The summed E-state index contributed by atoms with van der Waals surface area (Å²) in [6.45, 7) is 1.19. The van der Waals surface area contributed by atoms with E-state index >= 15 is 0 Å². The highest BCUT2D eigenvalue weighted by atomic mass is 32.2. The topological polar surface area (TPSA) is 135 Å². The molecule has 0 fully saturated rings. The molecule has 0 atom stereocenters. The second kappa shape index (κ2) is 8.95. The summed E-state index contributed by atoms with van der Waals surface area (Å²) in [5.41, 5.74) is 1.17. The van der Waals surface area contributed by atoms with Gasteiger partial charge in [-0.15, -0.1) is 0 Å². The Morgan fingerprint density at radius 2 is 1.71 bits per heavy atom. The maximum absolute atomic E-state index is 13.2. The number of hydrogen-bond donors (Lipinski definition) is 1. The first kappa shape index (κ1) is 24.1. The molecular formula is C23H24N4O7S. The Kier molecular flexibility index (Phi) is 6.15. The average Bonchev–Trinajstić information content (AvgIpc) is 3.25. The maximum Gasteiger partial charge on any atom is 0.341 e. The van der Waals surface area contributed by atoms with E-state index in [0.717, 1.165) is 0 Å². The van der Waals surface area contributed by atoms with Crippen LogP contribution in [0.2, 0.25) is 0 Å². The van der Waals surface area contributed by atoms with Crippen LogP contribution in [0.3, 0.4) is 0 Å². The second-order valence-electron chi connectivity index (χ2n) is 8.10. The Balaban J connectivity index is 1.79. The van der Waals surface area contributed by atoms with E-state index in [9.17, 15) is 18.0 Å². The first-order chi connectivity index (χ1) is 16.5. The van der Waals surface area contributed by atoms with Crippen LogP contribution < -0.4 is 15.2 Å². The summed E-state index contributed by atoms with van der Waals surface area (Å²) >= 11 is 0. The third kappa shape index (κ3) is 4.78. The van der Waals surface area contributed by atoms with Crippen molar-refractivity contribution in [3.05, 3.63) is 64.5 Å². The van der Waals surface area contributed by atoms with E-state index in [1.54, 1.807) is 63.0 Å². The fraction of sp³-hybridized carbons (Fsp3) is 0.261. The van der Waals surface area contributed by atoms with Crippen molar-refractivity contribution in [1.82, 2.24) is 18.7 Å². The number of fused-ring (bicyclic) bond motifs is 1. The number of nitrogens with zero attached hydrogens (tertiary/aromatic N) is 4. The minimum atomic E-state index is -3.84. The van der Waals surface area contributed by atoms with E-state index in [2.05, 4.69) is 4.98 Å². The predicted octanol–water partition coefficient (Wildman–Crippen LogP) is 2.15. The number of aromatic nitrogens is 4. The summed E-state index contributed by atoms with van der Waals surface area (Å²) in [6, 6.07) is 9.55. The molecule has 0 aliphatic carbocycles. The largest absolute Gasteiger partial charge is 0.482 e. The first-order valence-electron chi connectivity index (χ1n) is 10.5. The van der Waals surface area contributed by atoms with Gasteiger partial charge in [-0.05, 0) is 25.1 Å². The van der Waals surface area contributed by atoms with Gasteiger partial charge in [-0.3, -0.25) is 9.13 Å². The maximum atomic E-state index is 13.2. The van der Waals surface area contributed by atoms with Crippen LogP contribution in [0.25, 0.3) is 11.0 Å². The van der Waals surface area contributed by atoms with Crippen molar-refractivity contribution >= 4 is 26.8 Å². The summed E-state index contributed by atoms with van der Waals surface area (Å²) in [7, 11) is 1.09. The van der Waals surface area contributed by atoms with Gasteiger partial charge in [0.1, 0.15) is 23.1 Å². The number of sulfone groups is 1. The van der Waals surface area contributed by atoms with Gasteiger partial charge in [0.25, 0.3) is 0 Å². The number of aryl methyl sites for hydroxylation is 4. The number of carbonyl (C=O) groups is 1. The highest BCUT2D eigenvalue weighted by molar-refractivity contribution is 7.90. The number of aliphatic carboxylic acids is 1. The Morgan fingerprint density at radius 3 is 2.34 bits per heavy atom. The number of benzene rings is 2. The lowest BCUT2D eigenvalue weighted by atomic mass is 10.2. The molecule has 0 aliphatic rings. The number of carboxylic acid groups (broad SMARTS) is 1. The number of rotatable bonds is 8. The lowest BCUT2D eigenvalue weighted by Gasteiger charge is -2.13. The van der Waals surface area contributed by atoms with Gasteiger partial charge < -0.3 is 19.1 Å². The van der Waals surface area contributed by atoms with Gasteiger partial charge in [0.2, 0.25) is 9.84 Å². The molecule has 2 aromatic carbocycles. The average molecular weight is 501 g/mol. The second-order valence-corrected chi connectivity index (χ2v) is 10.0. The van der Waals surface area contributed by atoms with Crippen LogP contribution >= 0.6 is 0 Å². The number of imidazole rings is 2. The lowest BCUT2D eigenvalue weighted by Crippen LogP contribution is -2.19. The molecule has 0 saturated heterocycles. The van der Waals surface area contributed by atoms with Crippen LogP contribution in [-0.2, 0) is 41.5 Å². The third-order valence-electron chi connectivity index (χ3n) is 5.60. The van der Waals surface area contributed by atoms with Gasteiger partial charge in [-0.2, -0.15) is 0 Å².